The van der Waals surface area contributed by atoms with E-state index in [2.05, 4.69) is 15.1 Å². The fourth-order valence-corrected chi connectivity index (χ4v) is 4.42. The van der Waals surface area contributed by atoms with Crippen molar-refractivity contribution in [3.05, 3.63) is 47.5 Å². The number of carbonyl (C=O) groups excluding carboxylic acids is 1. The van der Waals surface area contributed by atoms with Crippen LogP contribution >= 0.6 is 0 Å². The lowest BCUT2D eigenvalue weighted by Crippen LogP contribution is -2.46. The maximum atomic E-state index is 13.8. The molecule has 2 saturated heterocycles. The van der Waals surface area contributed by atoms with Crippen LogP contribution in [-0.2, 0) is 16.1 Å². The molecule has 0 saturated carbocycles. The molecule has 2 fully saturated rings. The summed E-state index contributed by atoms with van der Waals surface area (Å²) in [4.78, 5) is 17.2. The molecule has 0 unspecified atom stereocenters. The molecule has 1 aliphatic carbocycles. The van der Waals surface area contributed by atoms with Crippen molar-refractivity contribution in [2.75, 3.05) is 26.2 Å². The van der Waals surface area contributed by atoms with Crippen LogP contribution in [0, 0.1) is 5.92 Å². The standard InChI is InChI=1S/C22H28F2N4O2/c23-18-1-2-21(20(24)13-18)30-19-6-11-28(12-7-19)22(29)17-4-9-27(10-5-17)15-16-3-8-25-26-14-16/h3,8,13-14,17,19H,1-2,4-7,9-12,15H2. The van der Waals surface area contributed by atoms with Gasteiger partial charge in [0, 0.05) is 63.5 Å². The van der Waals surface area contributed by atoms with Crippen molar-refractivity contribution in [1.82, 2.24) is 20.0 Å². The molecule has 0 spiro atoms. The highest BCUT2D eigenvalue weighted by Crippen LogP contribution is 2.30. The smallest absolute Gasteiger partial charge is 0.225 e. The van der Waals surface area contributed by atoms with Crippen LogP contribution in [0.4, 0.5) is 8.78 Å². The minimum atomic E-state index is -0.605. The Kier molecular flexibility index (Phi) is 6.72. The molecule has 1 aromatic rings. The molecule has 1 amide bonds. The Morgan fingerprint density at radius 3 is 2.50 bits per heavy atom. The minimum absolute atomic E-state index is 0.0703. The Morgan fingerprint density at radius 2 is 1.83 bits per heavy atom. The number of carbonyl (C=O) groups is 1. The maximum Gasteiger partial charge on any atom is 0.225 e. The Morgan fingerprint density at radius 1 is 1.07 bits per heavy atom. The van der Waals surface area contributed by atoms with Crippen molar-refractivity contribution in [2.45, 2.75) is 51.2 Å². The van der Waals surface area contributed by atoms with Gasteiger partial charge in [0.05, 0.1) is 6.20 Å². The van der Waals surface area contributed by atoms with E-state index in [0.29, 0.717) is 25.9 Å². The van der Waals surface area contributed by atoms with Crippen LogP contribution in [0.15, 0.2) is 41.9 Å². The van der Waals surface area contributed by atoms with Gasteiger partial charge in [-0.2, -0.15) is 10.2 Å². The third kappa shape index (κ3) is 5.22. The van der Waals surface area contributed by atoms with Crippen molar-refractivity contribution in [3.8, 4) is 0 Å². The molecule has 2 aliphatic heterocycles. The second kappa shape index (κ2) is 9.64. The van der Waals surface area contributed by atoms with Gasteiger partial charge in [0.1, 0.15) is 17.7 Å². The van der Waals surface area contributed by atoms with Crippen molar-refractivity contribution in [2.24, 2.45) is 5.92 Å². The van der Waals surface area contributed by atoms with E-state index in [1.165, 1.54) is 0 Å². The first-order valence-electron chi connectivity index (χ1n) is 10.8. The molecule has 0 N–H and O–H groups in total. The van der Waals surface area contributed by atoms with Gasteiger partial charge < -0.3 is 9.64 Å². The molecule has 0 aromatic carbocycles. The van der Waals surface area contributed by atoms with E-state index < -0.39 is 11.7 Å². The number of hydrogen-bond acceptors (Lipinski definition) is 5. The number of likely N-dealkylation sites (tertiary alicyclic amines) is 2. The first-order chi connectivity index (χ1) is 14.6. The molecule has 3 aliphatic rings. The van der Waals surface area contributed by atoms with E-state index in [9.17, 15) is 13.6 Å². The van der Waals surface area contributed by atoms with Crippen LogP contribution in [-0.4, -0.2) is 58.2 Å². The fraction of sp³-hybridized carbons (Fsp3) is 0.591. The van der Waals surface area contributed by atoms with Gasteiger partial charge in [-0.15, -0.1) is 0 Å². The van der Waals surface area contributed by atoms with Crippen molar-refractivity contribution >= 4 is 5.91 Å². The molecular weight excluding hydrogens is 390 g/mol. The molecule has 1 aromatic heterocycles. The second-order valence-electron chi connectivity index (χ2n) is 8.31. The number of aromatic nitrogens is 2. The van der Waals surface area contributed by atoms with Gasteiger partial charge >= 0.3 is 0 Å². The first kappa shape index (κ1) is 20.9. The number of allylic oxidation sites excluding steroid dienone is 4. The average Bonchev–Trinajstić information content (AvgIpc) is 2.77. The van der Waals surface area contributed by atoms with Gasteiger partial charge in [0.15, 0.2) is 5.83 Å². The summed E-state index contributed by atoms with van der Waals surface area (Å²) in [6.07, 6.45) is 7.84. The lowest BCUT2D eigenvalue weighted by molar-refractivity contribution is -0.139. The molecule has 4 rings (SSSR count). The van der Waals surface area contributed by atoms with E-state index in [4.69, 9.17) is 4.74 Å². The van der Waals surface area contributed by atoms with E-state index >= 15 is 0 Å². The molecule has 30 heavy (non-hydrogen) atoms. The van der Waals surface area contributed by atoms with Crippen LogP contribution in [0.25, 0.3) is 0 Å². The van der Waals surface area contributed by atoms with E-state index in [0.717, 1.165) is 44.1 Å². The Hall–Kier alpha value is -2.35. The highest BCUT2D eigenvalue weighted by Gasteiger charge is 2.32. The zero-order chi connectivity index (χ0) is 20.9. The quantitative estimate of drug-likeness (QED) is 0.732. The van der Waals surface area contributed by atoms with Crippen LogP contribution in [0.5, 0.6) is 0 Å². The van der Waals surface area contributed by atoms with Gasteiger partial charge in [0.2, 0.25) is 5.91 Å². The van der Waals surface area contributed by atoms with Crippen LogP contribution in [0.3, 0.4) is 0 Å². The third-order valence-corrected chi connectivity index (χ3v) is 6.19. The van der Waals surface area contributed by atoms with Crippen molar-refractivity contribution < 1.29 is 18.3 Å². The fourth-order valence-electron chi connectivity index (χ4n) is 4.42. The average molecular weight is 418 g/mol. The van der Waals surface area contributed by atoms with Crippen molar-refractivity contribution in [3.63, 3.8) is 0 Å². The number of nitrogens with zero attached hydrogens (tertiary/aromatic N) is 4. The monoisotopic (exact) mass is 418 g/mol. The number of amides is 1. The molecule has 8 heteroatoms. The number of ether oxygens (including phenoxy) is 1. The van der Waals surface area contributed by atoms with Crippen molar-refractivity contribution in [1.29, 1.82) is 0 Å². The van der Waals surface area contributed by atoms with E-state index in [1.54, 1.807) is 12.4 Å². The number of hydrogen-bond donors (Lipinski definition) is 0. The molecule has 3 heterocycles. The predicted molar refractivity (Wildman–Crippen MR) is 107 cm³/mol. The number of piperidine rings is 2. The molecule has 162 valence electrons. The summed E-state index contributed by atoms with van der Waals surface area (Å²) in [5.74, 6) is -0.499. The summed E-state index contributed by atoms with van der Waals surface area (Å²) in [5, 5.41) is 7.72. The zero-order valence-electron chi connectivity index (χ0n) is 17.1. The summed E-state index contributed by atoms with van der Waals surface area (Å²) in [6, 6.07) is 1.97. The van der Waals surface area contributed by atoms with Crippen LogP contribution in [0.2, 0.25) is 0 Å². The summed E-state index contributed by atoms with van der Waals surface area (Å²) >= 11 is 0. The normalized spacial score (nSPS) is 22.2. The van der Waals surface area contributed by atoms with Gasteiger partial charge in [-0.1, -0.05) is 0 Å². The summed E-state index contributed by atoms with van der Waals surface area (Å²) < 4.78 is 32.7. The number of halogens is 2. The molecule has 0 atom stereocenters. The highest BCUT2D eigenvalue weighted by atomic mass is 19.1. The lowest BCUT2D eigenvalue weighted by Gasteiger charge is -2.37. The Balaban J connectivity index is 1.21. The lowest BCUT2D eigenvalue weighted by atomic mass is 9.94. The maximum absolute atomic E-state index is 13.8. The predicted octanol–water partition coefficient (Wildman–Crippen LogP) is 3.52. The Labute approximate surface area is 175 Å². The largest absolute Gasteiger partial charge is 0.492 e. The van der Waals surface area contributed by atoms with Crippen LogP contribution in [0.1, 0.15) is 44.1 Å². The molecular formula is C22H28F2N4O2. The zero-order valence-corrected chi connectivity index (χ0v) is 17.1. The Bertz CT molecular complexity index is 799. The van der Waals surface area contributed by atoms with Crippen LogP contribution < -0.4 is 0 Å². The van der Waals surface area contributed by atoms with E-state index in [-0.39, 0.29) is 36.5 Å². The SMILES string of the molecule is O=C(C1CCN(Cc2ccnnc2)CC1)N1CCC(OC2=C(F)C=C(F)CC2)CC1. The minimum Gasteiger partial charge on any atom is -0.492 e. The second-order valence-corrected chi connectivity index (χ2v) is 8.31. The highest BCUT2D eigenvalue weighted by molar-refractivity contribution is 5.79. The van der Waals surface area contributed by atoms with Gasteiger partial charge in [-0.05, 0) is 37.6 Å². The van der Waals surface area contributed by atoms with Gasteiger partial charge in [0.25, 0.3) is 0 Å². The molecule has 0 radical (unpaired) electrons. The van der Waals surface area contributed by atoms with Gasteiger partial charge in [-0.25, -0.2) is 8.78 Å². The topological polar surface area (TPSA) is 58.6 Å². The van der Waals surface area contributed by atoms with E-state index in [1.807, 2.05) is 11.0 Å². The molecule has 0 bridgehead atoms. The summed E-state index contributed by atoms with van der Waals surface area (Å²) in [5.41, 5.74) is 1.14. The third-order valence-electron chi connectivity index (χ3n) is 6.19. The summed E-state index contributed by atoms with van der Waals surface area (Å²) in [6.45, 7) is 3.90. The van der Waals surface area contributed by atoms with Gasteiger partial charge in [-0.3, -0.25) is 9.69 Å². The first-order valence-corrected chi connectivity index (χ1v) is 10.8. The molecule has 6 nitrogen and oxygen atoms in total. The summed E-state index contributed by atoms with van der Waals surface area (Å²) in [7, 11) is 0. The number of rotatable bonds is 5.